The first-order chi connectivity index (χ1) is 13.1. The smallest absolute Gasteiger partial charge is 0.251 e. The number of aromatic nitrogens is 4. The van der Waals surface area contributed by atoms with Gasteiger partial charge in [0, 0.05) is 37.5 Å². The molecule has 2 aromatic heterocycles. The van der Waals surface area contributed by atoms with Crippen LogP contribution in [0.25, 0.3) is 11.3 Å². The second kappa shape index (κ2) is 8.41. The number of hydrogen-bond donors (Lipinski definition) is 1. The Kier molecular flexibility index (Phi) is 5.77. The minimum atomic E-state index is -0.290. The highest BCUT2D eigenvalue weighted by Gasteiger charge is 2.18. The van der Waals surface area contributed by atoms with Crippen molar-refractivity contribution in [1.29, 1.82) is 0 Å². The lowest BCUT2D eigenvalue weighted by Gasteiger charge is -2.18. The number of ether oxygens (including phenoxy) is 2. The van der Waals surface area contributed by atoms with E-state index in [-0.39, 0.29) is 11.9 Å². The van der Waals surface area contributed by atoms with Crippen LogP contribution in [0.4, 0.5) is 0 Å². The van der Waals surface area contributed by atoms with E-state index in [1.165, 1.54) is 0 Å². The van der Waals surface area contributed by atoms with Crippen LogP contribution in [0.2, 0.25) is 0 Å². The van der Waals surface area contributed by atoms with Crippen LogP contribution in [0.3, 0.4) is 0 Å². The molecule has 1 N–H and O–H groups in total. The fourth-order valence-corrected chi connectivity index (χ4v) is 2.71. The van der Waals surface area contributed by atoms with Crippen LogP contribution >= 0.6 is 0 Å². The third kappa shape index (κ3) is 4.29. The summed E-state index contributed by atoms with van der Waals surface area (Å²) in [5, 5.41) is 15.2. The Balaban J connectivity index is 1.73. The second-order valence-corrected chi connectivity index (χ2v) is 5.90. The van der Waals surface area contributed by atoms with Crippen molar-refractivity contribution in [2.24, 2.45) is 7.05 Å². The molecule has 0 fully saturated rings. The Labute approximate surface area is 157 Å². The minimum Gasteiger partial charge on any atom is -0.480 e. The highest BCUT2D eigenvalue weighted by molar-refractivity contribution is 5.94. The van der Waals surface area contributed by atoms with Gasteiger partial charge in [0.15, 0.2) is 0 Å². The Bertz CT molecular complexity index is 890. The third-order valence-corrected chi connectivity index (χ3v) is 4.15. The van der Waals surface area contributed by atoms with E-state index < -0.39 is 0 Å². The maximum atomic E-state index is 12.6. The summed E-state index contributed by atoms with van der Waals surface area (Å²) in [6, 6.07) is 12.3. The number of nitrogens with one attached hydrogen (secondary N) is 1. The molecule has 8 nitrogen and oxygen atoms in total. The summed E-state index contributed by atoms with van der Waals surface area (Å²) in [4.78, 5) is 12.6. The number of carbonyl (C=O) groups excluding carboxylic acids is 1. The molecule has 1 atom stereocenters. The van der Waals surface area contributed by atoms with Gasteiger partial charge in [-0.25, -0.2) is 0 Å². The average Bonchev–Trinajstić information content (AvgIpc) is 3.13. The molecule has 140 valence electrons. The normalized spacial score (nSPS) is 11.8. The fraction of sp³-hybridized carbons (Fsp3) is 0.263. The van der Waals surface area contributed by atoms with Gasteiger partial charge in [-0.1, -0.05) is 12.1 Å². The number of aryl methyl sites for hydroxylation is 1. The van der Waals surface area contributed by atoms with Crippen molar-refractivity contribution in [2.45, 2.75) is 6.04 Å². The number of amides is 1. The molecule has 0 saturated carbocycles. The van der Waals surface area contributed by atoms with E-state index in [9.17, 15) is 4.79 Å². The van der Waals surface area contributed by atoms with Crippen LogP contribution in [-0.2, 0) is 11.8 Å². The summed E-state index contributed by atoms with van der Waals surface area (Å²) in [6.45, 7) is 0.352. The zero-order valence-electron chi connectivity index (χ0n) is 15.4. The topological polar surface area (TPSA) is 91.2 Å². The van der Waals surface area contributed by atoms with E-state index in [4.69, 9.17) is 9.47 Å². The first kappa shape index (κ1) is 18.5. The molecule has 0 aliphatic heterocycles. The van der Waals surface area contributed by atoms with Gasteiger partial charge in [0.05, 0.1) is 31.1 Å². The maximum absolute atomic E-state index is 12.6. The van der Waals surface area contributed by atoms with Gasteiger partial charge in [-0.3, -0.25) is 9.48 Å². The highest BCUT2D eigenvalue weighted by atomic mass is 16.5. The number of nitrogens with zero attached hydrogens (tertiary/aromatic N) is 4. The predicted molar refractivity (Wildman–Crippen MR) is 99.3 cm³/mol. The Morgan fingerprint density at radius 3 is 2.44 bits per heavy atom. The van der Waals surface area contributed by atoms with Gasteiger partial charge in [-0.2, -0.15) is 5.10 Å². The second-order valence-electron chi connectivity index (χ2n) is 5.90. The maximum Gasteiger partial charge on any atom is 0.251 e. The van der Waals surface area contributed by atoms with Gasteiger partial charge in [0.1, 0.15) is 0 Å². The zero-order valence-corrected chi connectivity index (χ0v) is 15.4. The molecule has 0 saturated heterocycles. The summed E-state index contributed by atoms with van der Waals surface area (Å²) in [5.74, 6) is 0.264. The summed E-state index contributed by atoms with van der Waals surface area (Å²) >= 11 is 0. The molecular weight excluding hydrogens is 346 g/mol. The van der Waals surface area contributed by atoms with Crippen molar-refractivity contribution in [1.82, 2.24) is 25.3 Å². The van der Waals surface area contributed by atoms with Crippen LogP contribution in [0.15, 0.2) is 48.7 Å². The molecular formula is C19H21N5O3. The van der Waals surface area contributed by atoms with Gasteiger partial charge in [-0.15, -0.1) is 10.2 Å². The van der Waals surface area contributed by atoms with E-state index in [1.54, 1.807) is 43.3 Å². The lowest BCUT2D eigenvalue weighted by Crippen LogP contribution is -2.32. The van der Waals surface area contributed by atoms with Gasteiger partial charge < -0.3 is 14.8 Å². The van der Waals surface area contributed by atoms with Gasteiger partial charge >= 0.3 is 0 Å². The van der Waals surface area contributed by atoms with Crippen molar-refractivity contribution in [3.05, 3.63) is 59.9 Å². The van der Waals surface area contributed by atoms with Gasteiger partial charge in [0.2, 0.25) is 5.88 Å². The van der Waals surface area contributed by atoms with Crippen molar-refractivity contribution < 1.29 is 14.3 Å². The molecule has 1 aromatic carbocycles. The third-order valence-electron chi connectivity index (χ3n) is 4.15. The van der Waals surface area contributed by atoms with E-state index >= 15 is 0 Å². The molecule has 8 heteroatoms. The largest absolute Gasteiger partial charge is 0.480 e. The predicted octanol–water partition coefficient (Wildman–Crippen LogP) is 2.00. The van der Waals surface area contributed by atoms with Crippen molar-refractivity contribution >= 4 is 5.91 Å². The van der Waals surface area contributed by atoms with E-state index in [2.05, 4.69) is 20.6 Å². The summed E-state index contributed by atoms with van der Waals surface area (Å²) < 4.78 is 12.0. The number of benzene rings is 1. The molecule has 1 amide bonds. The van der Waals surface area contributed by atoms with Crippen LogP contribution in [0, 0.1) is 0 Å². The molecule has 0 spiro atoms. The van der Waals surface area contributed by atoms with Crippen LogP contribution in [0.1, 0.15) is 22.1 Å². The fourth-order valence-electron chi connectivity index (χ4n) is 2.71. The Hall–Kier alpha value is -3.26. The quantitative estimate of drug-likeness (QED) is 0.687. The molecule has 0 aliphatic carbocycles. The van der Waals surface area contributed by atoms with Crippen molar-refractivity contribution in [3.63, 3.8) is 0 Å². The summed E-state index contributed by atoms with van der Waals surface area (Å²) in [6.07, 6.45) is 1.69. The van der Waals surface area contributed by atoms with Crippen molar-refractivity contribution in [3.8, 4) is 17.1 Å². The zero-order chi connectivity index (χ0) is 19.2. The Morgan fingerprint density at radius 2 is 1.89 bits per heavy atom. The number of hydrogen-bond acceptors (Lipinski definition) is 6. The van der Waals surface area contributed by atoms with E-state index in [0.29, 0.717) is 23.7 Å². The summed E-state index contributed by atoms with van der Waals surface area (Å²) in [5.41, 5.74) is 2.98. The van der Waals surface area contributed by atoms with Crippen LogP contribution in [-0.4, -0.2) is 46.7 Å². The highest BCUT2D eigenvalue weighted by Crippen LogP contribution is 2.19. The molecule has 0 radical (unpaired) electrons. The molecule has 3 rings (SSSR count). The Morgan fingerprint density at radius 1 is 1.11 bits per heavy atom. The standard InChI is InChI=1S/C19H21N5O3/c1-24-17(10-11-20-24)16(12-26-2)21-19(25)14-6-4-13(5-7-14)15-8-9-18(27-3)23-22-15/h4-11,16H,12H2,1-3H3,(H,21,25)/t16-/m0/s1. The van der Waals surface area contributed by atoms with E-state index in [0.717, 1.165) is 11.3 Å². The number of rotatable bonds is 7. The lowest BCUT2D eigenvalue weighted by molar-refractivity contribution is 0.0892. The first-order valence-corrected chi connectivity index (χ1v) is 8.38. The first-order valence-electron chi connectivity index (χ1n) is 8.38. The molecule has 0 bridgehead atoms. The number of carbonyl (C=O) groups is 1. The number of methoxy groups -OCH3 is 2. The molecule has 0 aliphatic rings. The molecule has 27 heavy (non-hydrogen) atoms. The monoisotopic (exact) mass is 367 g/mol. The molecule has 2 heterocycles. The lowest BCUT2D eigenvalue weighted by atomic mass is 10.1. The minimum absolute atomic E-state index is 0.189. The van der Waals surface area contributed by atoms with Gasteiger partial charge in [0.25, 0.3) is 5.91 Å². The summed E-state index contributed by atoms with van der Waals surface area (Å²) in [7, 11) is 4.97. The van der Waals surface area contributed by atoms with Crippen molar-refractivity contribution in [2.75, 3.05) is 20.8 Å². The SMILES string of the molecule is COC[C@H](NC(=O)c1ccc(-c2ccc(OC)nn2)cc1)c1ccnn1C. The molecule has 0 unspecified atom stereocenters. The average molecular weight is 367 g/mol. The van der Waals surface area contributed by atoms with E-state index in [1.807, 2.05) is 31.3 Å². The van der Waals surface area contributed by atoms with Gasteiger partial charge in [-0.05, 0) is 24.3 Å². The van der Waals surface area contributed by atoms with Crippen LogP contribution in [0.5, 0.6) is 5.88 Å². The van der Waals surface area contributed by atoms with Crippen LogP contribution < -0.4 is 10.1 Å². The molecule has 3 aromatic rings.